The number of carbonyl (C=O) groups is 2. The third kappa shape index (κ3) is 3.60. The van der Waals surface area contributed by atoms with Crippen LogP contribution in [0.3, 0.4) is 0 Å². The summed E-state index contributed by atoms with van der Waals surface area (Å²) in [6.07, 6.45) is 3.13. The molecule has 2 saturated heterocycles. The van der Waals surface area contributed by atoms with E-state index >= 15 is 0 Å². The molecule has 1 aromatic carbocycles. The first kappa shape index (κ1) is 17.7. The first-order valence-electron chi connectivity index (χ1n) is 9.43. The Balaban J connectivity index is 1.52. The maximum atomic E-state index is 13.1. The second kappa shape index (κ2) is 7.52. The van der Waals surface area contributed by atoms with Gasteiger partial charge in [-0.2, -0.15) is 0 Å². The van der Waals surface area contributed by atoms with Gasteiger partial charge in [0.1, 0.15) is 0 Å². The van der Waals surface area contributed by atoms with Gasteiger partial charge in [0.2, 0.25) is 5.91 Å². The highest BCUT2D eigenvalue weighted by atomic mass is 16.3. The first-order valence-corrected chi connectivity index (χ1v) is 9.43. The van der Waals surface area contributed by atoms with Crippen LogP contribution < -0.4 is 5.32 Å². The molecule has 0 bridgehead atoms. The molecule has 4 rings (SSSR count). The number of nitrogens with one attached hydrogen (secondary N) is 1. The van der Waals surface area contributed by atoms with Crippen LogP contribution in [0.25, 0.3) is 11.3 Å². The van der Waals surface area contributed by atoms with E-state index in [1.807, 2.05) is 36.1 Å². The average Bonchev–Trinajstić information content (AvgIpc) is 3.18. The van der Waals surface area contributed by atoms with Crippen molar-refractivity contribution in [1.29, 1.82) is 0 Å². The van der Waals surface area contributed by atoms with Crippen LogP contribution >= 0.6 is 0 Å². The second-order valence-corrected chi connectivity index (χ2v) is 7.21. The predicted octanol–water partition coefficient (Wildman–Crippen LogP) is 1.69. The van der Waals surface area contributed by atoms with Crippen LogP contribution in [0.4, 0.5) is 0 Å². The summed E-state index contributed by atoms with van der Waals surface area (Å²) in [6, 6.07) is 7.92. The number of hydrogen-bond acceptors (Lipinski definition) is 5. The number of carbonyl (C=O) groups excluding carboxylic acids is 2. The lowest BCUT2D eigenvalue weighted by atomic mass is 10.0. The van der Waals surface area contributed by atoms with Crippen molar-refractivity contribution in [1.82, 2.24) is 20.1 Å². The molecule has 7 heteroatoms. The van der Waals surface area contributed by atoms with Gasteiger partial charge in [-0.15, -0.1) is 0 Å². The van der Waals surface area contributed by atoms with Crippen molar-refractivity contribution in [3.63, 3.8) is 0 Å². The van der Waals surface area contributed by atoms with Crippen molar-refractivity contribution < 1.29 is 14.0 Å². The van der Waals surface area contributed by atoms with Crippen molar-refractivity contribution in [2.24, 2.45) is 0 Å². The van der Waals surface area contributed by atoms with E-state index in [1.165, 1.54) is 6.39 Å². The molecule has 0 aliphatic carbocycles. The number of aryl methyl sites for hydroxylation is 1. The normalized spacial score (nSPS) is 20.8. The molecule has 0 saturated carbocycles. The lowest BCUT2D eigenvalue weighted by molar-refractivity contribution is -0.135. The molecule has 3 heterocycles. The first-order chi connectivity index (χ1) is 13.1. The van der Waals surface area contributed by atoms with E-state index in [2.05, 4.69) is 10.3 Å². The Bertz CT molecular complexity index is 830. The summed E-state index contributed by atoms with van der Waals surface area (Å²) >= 11 is 0. The van der Waals surface area contributed by atoms with Gasteiger partial charge in [0.25, 0.3) is 5.91 Å². The van der Waals surface area contributed by atoms with Crippen LogP contribution in [0.1, 0.15) is 28.9 Å². The van der Waals surface area contributed by atoms with Crippen LogP contribution in [0, 0.1) is 6.92 Å². The number of likely N-dealkylation sites (tertiary alicyclic amines) is 1. The lowest BCUT2D eigenvalue weighted by Gasteiger charge is -2.41. The molecule has 142 valence electrons. The van der Waals surface area contributed by atoms with Crippen molar-refractivity contribution in [2.45, 2.75) is 25.8 Å². The average molecular weight is 368 g/mol. The molecule has 0 spiro atoms. The van der Waals surface area contributed by atoms with Crippen molar-refractivity contribution in [3.05, 3.63) is 41.9 Å². The smallest absolute Gasteiger partial charge is 0.276 e. The van der Waals surface area contributed by atoms with Crippen molar-refractivity contribution >= 4 is 11.8 Å². The number of piperidine rings is 1. The molecule has 1 N–H and O–H groups in total. The second-order valence-electron chi connectivity index (χ2n) is 7.21. The van der Waals surface area contributed by atoms with E-state index in [9.17, 15) is 9.59 Å². The molecule has 27 heavy (non-hydrogen) atoms. The third-order valence-electron chi connectivity index (χ3n) is 5.33. The van der Waals surface area contributed by atoms with Gasteiger partial charge in [-0.3, -0.25) is 9.59 Å². The Morgan fingerprint density at radius 3 is 2.85 bits per heavy atom. The standard InChI is InChI=1S/C20H24N4O3/c1-14-4-6-15(7-5-14)19-18(22-13-27-19)20(26)23-9-2-3-16(12-23)24-10-8-21-11-17(24)25/h4-7,13,16,21H,2-3,8-12H2,1H3. The van der Waals surface area contributed by atoms with E-state index in [-0.39, 0.29) is 17.9 Å². The topological polar surface area (TPSA) is 78.7 Å². The van der Waals surface area contributed by atoms with Crippen LogP contribution in [0.2, 0.25) is 0 Å². The van der Waals surface area contributed by atoms with Gasteiger partial charge >= 0.3 is 0 Å². The van der Waals surface area contributed by atoms with Gasteiger partial charge in [0.15, 0.2) is 17.8 Å². The number of benzene rings is 1. The zero-order chi connectivity index (χ0) is 18.8. The van der Waals surface area contributed by atoms with Gasteiger partial charge < -0.3 is 19.5 Å². The maximum Gasteiger partial charge on any atom is 0.276 e. The van der Waals surface area contributed by atoms with Gasteiger partial charge in [-0.25, -0.2) is 4.98 Å². The third-order valence-corrected chi connectivity index (χ3v) is 5.33. The molecule has 2 fully saturated rings. The minimum absolute atomic E-state index is 0.0759. The maximum absolute atomic E-state index is 13.1. The molecule has 0 radical (unpaired) electrons. The number of hydrogen-bond donors (Lipinski definition) is 1. The molecular formula is C20H24N4O3. The Labute approximate surface area is 158 Å². The number of oxazole rings is 1. The molecule has 1 unspecified atom stereocenters. The highest BCUT2D eigenvalue weighted by Gasteiger charge is 2.33. The number of aromatic nitrogens is 1. The number of nitrogens with zero attached hydrogens (tertiary/aromatic N) is 3. The van der Waals surface area contributed by atoms with Gasteiger partial charge in [-0.1, -0.05) is 29.8 Å². The van der Waals surface area contributed by atoms with Crippen LogP contribution in [-0.4, -0.2) is 65.4 Å². The monoisotopic (exact) mass is 368 g/mol. The molecule has 7 nitrogen and oxygen atoms in total. The van der Waals surface area contributed by atoms with Crippen molar-refractivity contribution in [3.8, 4) is 11.3 Å². The molecule has 1 aromatic heterocycles. The molecule has 2 aromatic rings. The summed E-state index contributed by atoms with van der Waals surface area (Å²) in [5, 5.41) is 3.10. The SMILES string of the molecule is Cc1ccc(-c2ocnc2C(=O)N2CCCC(N3CCNCC3=O)C2)cc1. The summed E-state index contributed by atoms with van der Waals surface area (Å²) in [5.41, 5.74) is 2.32. The predicted molar refractivity (Wildman–Crippen MR) is 100 cm³/mol. The molecule has 1 atom stereocenters. The summed E-state index contributed by atoms with van der Waals surface area (Å²) in [4.78, 5) is 33.2. The Morgan fingerprint density at radius 1 is 1.26 bits per heavy atom. The fourth-order valence-corrected chi connectivity index (χ4v) is 3.86. The largest absolute Gasteiger partial charge is 0.443 e. The number of piperazine rings is 1. The van der Waals surface area contributed by atoms with E-state index in [0.29, 0.717) is 37.6 Å². The zero-order valence-corrected chi connectivity index (χ0v) is 15.5. The molecule has 2 amide bonds. The summed E-state index contributed by atoms with van der Waals surface area (Å²) in [5.74, 6) is 0.481. The minimum atomic E-state index is -0.133. The van der Waals surface area contributed by atoms with Crippen LogP contribution in [0.15, 0.2) is 35.1 Å². The summed E-state index contributed by atoms with van der Waals surface area (Å²) < 4.78 is 5.53. The van der Waals surface area contributed by atoms with Crippen molar-refractivity contribution in [2.75, 3.05) is 32.7 Å². The van der Waals surface area contributed by atoms with Crippen LogP contribution in [0.5, 0.6) is 0 Å². The fourth-order valence-electron chi connectivity index (χ4n) is 3.86. The van der Waals surface area contributed by atoms with Gasteiger partial charge in [0.05, 0.1) is 6.54 Å². The fraction of sp³-hybridized carbons (Fsp3) is 0.450. The molecule has 2 aliphatic rings. The Hall–Kier alpha value is -2.67. The number of amides is 2. The summed E-state index contributed by atoms with van der Waals surface area (Å²) in [6.45, 7) is 5.12. The minimum Gasteiger partial charge on any atom is -0.443 e. The Kier molecular flexibility index (Phi) is 4.94. The van der Waals surface area contributed by atoms with Crippen LogP contribution in [-0.2, 0) is 4.79 Å². The molecular weight excluding hydrogens is 344 g/mol. The van der Waals surface area contributed by atoms with Gasteiger partial charge in [0, 0.05) is 37.8 Å². The number of rotatable bonds is 3. The van der Waals surface area contributed by atoms with Gasteiger partial charge in [-0.05, 0) is 19.8 Å². The highest BCUT2D eigenvalue weighted by molar-refractivity contribution is 5.97. The zero-order valence-electron chi connectivity index (χ0n) is 15.5. The van der Waals surface area contributed by atoms with E-state index in [4.69, 9.17) is 4.42 Å². The van der Waals surface area contributed by atoms with E-state index in [0.717, 1.165) is 30.5 Å². The van der Waals surface area contributed by atoms with E-state index in [1.54, 1.807) is 4.90 Å². The lowest BCUT2D eigenvalue weighted by Crippen LogP contribution is -2.57. The van der Waals surface area contributed by atoms with E-state index < -0.39 is 0 Å². The highest BCUT2D eigenvalue weighted by Crippen LogP contribution is 2.26. The Morgan fingerprint density at radius 2 is 2.07 bits per heavy atom. The molecule has 2 aliphatic heterocycles. The quantitative estimate of drug-likeness (QED) is 0.892. The summed E-state index contributed by atoms with van der Waals surface area (Å²) in [7, 11) is 0.